The van der Waals surface area contributed by atoms with E-state index >= 15 is 0 Å². The van der Waals surface area contributed by atoms with Crippen LogP contribution in [0.4, 0.5) is 0 Å². The van der Waals surface area contributed by atoms with Crippen molar-refractivity contribution in [1.82, 2.24) is 5.32 Å². The summed E-state index contributed by atoms with van der Waals surface area (Å²) in [6.45, 7) is 0.987. The second kappa shape index (κ2) is 3.08. The minimum absolute atomic E-state index is 0.230. The Morgan fingerprint density at radius 1 is 1.54 bits per heavy atom. The van der Waals surface area contributed by atoms with Crippen LogP contribution in [0.25, 0.3) is 0 Å². The summed E-state index contributed by atoms with van der Waals surface area (Å²) in [5.74, 6) is 0.274. The Kier molecular flexibility index (Phi) is 1.91. The topological polar surface area (TPSA) is 56.0 Å². The van der Waals surface area contributed by atoms with Crippen LogP contribution in [0.5, 0.6) is 5.75 Å². The van der Waals surface area contributed by atoms with Crippen LogP contribution in [0.1, 0.15) is 23.6 Å². The van der Waals surface area contributed by atoms with Crippen LogP contribution in [-0.2, 0) is 0 Å². The zero-order chi connectivity index (χ0) is 9.26. The van der Waals surface area contributed by atoms with Gasteiger partial charge in [0.25, 0.3) is 0 Å². The highest BCUT2D eigenvalue weighted by Gasteiger charge is 2.21. The van der Waals surface area contributed by atoms with Gasteiger partial charge in [-0.2, -0.15) is 5.26 Å². The van der Waals surface area contributed by atoms with Crippen molar-refractivity contribution in [3.05, 3.63) is 29.3 Å². The lowest BCUT2D eigenvalue weighted by atomic mass is 9.96. The summed E-state index contributed by atoms with van der Waals surface area (Å²) in [6, 6.07) is 7.23. The van der Waals surface area contributed by atoms with E-state index in [-0.39, 0.29) is 11.8 Å². The number of phenolic OH excluding ortho intramolecular Hbond substituents is 1. The number of hydrogen-bond acceptors (Lipinski definition) is 3. The predicted molar refractivity (Wildman–Crippen MR) is 48.2 cm³/mol. The SMILES string of the molecule is N#Cc1ccc(O)c(C2CCN2)c1. The molecule has 0 spiro atoms. The molecule has 2 rings (SSSR count). The summed E-state index contributed by atoms with van der Waals surface area (Å²) < 4.78 is 0. The third-order valence-electron chi connectivity index (χ3n) is 2.36. The molecule has 1 aliphatic rings. The zero-order valence-corrected chi connectivity index (χ0v) is 7.12. The fourth-order valence-corrected chi connectivity index (χ4v) is 1.46. The maximum Gasteiger partial charge on any atom is 0.120 e. The van der Waals surface area contributed by atoms with Gasteiger partial charge < -0.3 is 10.4 Å². The van der Waals surface area contributed by atoms with Gasteiger partial charge in [0.05, 0.1) is 11.6 Å². The first kappa shape index (κ1) is 8.09. The Morgan fingerprint density at radius 2 is 2.31 bits per heavy atom. The Bertz CT molecular complexity index is 364. The molecule has 0 aliphatic carbocycles. The molecule has 0 amide bonds. The van der Waals surface area contributed by atoms with E-state index in [0.29, 0.717) is 5.56 Å². The van der Waals surface area contributed by atoms with E-state index in [2.05, 4.69) is 11.4 Å². The number of phenols is 1. The normalized spacial score (nSPS) is 20.4. The highest BCUT2D eigenvalue weighted by Crippen LogP contribution is 2.30. The second-order valence-electron chi connectivity index (χ2n) is 3.18. The van der Waals surface area contributed by atoms with Crippen LogP contribution in [0, 0.1) is 11.3 Å². The van der Waals surface area contributed by atoms with Crippen LogP contribution >= 0.6 is 0 Å². The lowest BCUT2D eigenvalue weighted by molar-refractivity contribution is 0.364. The van der Waals surface area contributed by atoms with Crippen LogP contribution in [0.15, 0.2) is 18.2 Å². The summed E-state index contributed by atoms with van der Waals surface area (Å²) in [6.07, 6.45) is 1.03. The van der Waals surface area contributed by atoms with Crippen molar-refractivity contribution in [2.45, 2.75) is 12.5 Å². The summed E-state index contributed by atoms with van der Waals surface area (Å²) in [7, 11) is 0. The average molecular weight is 174 g/mol. The number of aromatic hydroxyl groups is 1. The molecular formula is C10H10N2O. The molecule has 1 saturated heterocycles. The Balaban J connectivity index is 2.37. The molecule has 1 unspecified atom stereocenters. The smallest absolute Gasteiger partial charge is 0.120 e. The van der Waals surface area contributed by atoms with Crippen molar-refractivity contribution in [2.24, 2.45) is 0 Å². The molecule has 3 heteroatoms. The number of hydrogen-bond donors (Lipinski definition) is 2. The first-order valence-corrected chi connectivity index (χ1v) is 4.27. The number of nitrogens with zero attached hydrogens (tertiary/aromatic N) is 1. The molecule has 13 heavy (non-hydrogen) atoms. The van der Waals surface area contributed by atoms with Crippen molar-refractivity contribution in [1.29, 1.82) is 5.26 Å². The molecule has 0 radical (unpaired) electrons. The standard InChI is InChI=1S/C10H10N2O/c11-6-7-1-2-10(13)8(5-7)9-3-4-12-9/h1-2,5,9,12-13H,3-4H2. The summed E-state index contributed by atoms with van der Waals surface area (Å²) in [5.41, 5.74) is 1.44. The van der Waals surface area contributed by atoms with E-state index in [1.54, 1.807) is 18.2 Å². The van der Waals surface area contributed by atoms with Gasteiger partial charge in [0.15, 0.2) is 0 Å². The second-order valence-corrected chi connectivity index (χ2v) is 3.18. The minimum Gasteiger partial charge on any atom is -0.508 e. The van der Waals surface area contributed by atoms with E-state index in [9.17, 15) is 5.11 Å². The molecule has 0 aromatic heterocycles. The van der Waals surface area contributed by atoms with Crippen molar-refractivity contribution in [3.63, 3.8) is 0 Å². The Labute approximate surface area is 76.6 Å². The maximum atomic E-state index is 9.52. The van der Waals surface area contributed by atoms with Gasteiger partial charge in [-0.25, -0.2) is 0 Å². The van der Waals surface area contributed by atoms with Crippen LogP contribution in [0.2, 0.25) is 0 Å². The van der Waals surface area contributed by atoms with Crippen molar-refractivity contribution in [2.75, 3.05) is 6.54 Å². The van der Waals surface area contributed by atoms with E-state index in [1.807, 2.05) is 0 Å². The first-order valence-electron chi connectivity index (χ1n) is 4.27. The lowest BCUT2D eigenvalue weighted by Crippen LogP contribution is -2.34. The third-order valence-corrected chi connectivity index (χ3v) is 2.36. The molecule has 0 bridgehead atoms. The van der Waals surface area contributed by atoms with Crippen LogP contribution in [0.3, 0.4) is 0 Å². The Morgan fingerprint density at radius 3 is 2.85 bits per heavy atom. The largest absolute Gasteiger partial charge is 0.508 e. The molecule has 1 fully saturated rings. The Hall–Kier alpha value is -1.53. The average Bonchev–Trinajstić information content (AvgIpc) is 2.06. The fraction of sp³-hybridized carbons (Fsp3) is 0.300. The van der Waals surface area contributed by atoms with E-state index in [1.165, 1.54) is 0 Å². The summed E-state index contributed by atoms with van der Waals surface area (Å²) in [5, 5.41) is 21.4. The van der Waals surface area contributed by atoms with E-state index in [0.717, 1.165) is 18.5 Å². The molecule has 1 aliphatic heterocycles. The molecular weight excluding hydrogens is 164 g/mol. The minimum atomic E-state index is 0.230. The number of nitrogens with one attached hydrogen (secondary N) is 1. The third kappa shape index (κ3) is 1.36. The van der Waals surface area contributed by atoms with Gasteiger partial charge >= 0.3 is 0 Å². The zero-order valence-electron chi connectivity index (χ0n) is 7.12. The fourth-order valence-electron chi connectivity index (χ4n) is 1.46. The predicted octanol–water partition coefficient (Wildman–Crippen LogP) is 1.30. The van der Waals surface area contributed by atoms with Crippen molar-refractivity contribution in [3.8, 4) is 11.8 Å². The quantitative estimate of drug-likeness (QED) is 0.674. The molecule has 1 atom stereocenters. The van der Waals surface area contributed by atoms with Crippen LogP contribution in [-0.4, -0.2) is 11.7 Å². The lowest BCUT2D eigenvalue weighted by Gasteiger charge is -2.28. The number of nitriles is 1. The number of rotatable bonds is 1. The van der Waals surface area contributed by atoms with Gasteiger partial charge in [0, 0.05) is 11.6 Å². The van der Waals surface area contributed by atoms with Gasteiger partial charge in [0.2, 0.25) is 0 Å². The molecule has 0 saturated carbocycles. The van der Waals surface area contributed by atoms with Crippen molar-refractivity contribution < 1.29 is 5.11 Å². The van der Waals surface area contributed by atoms with Crippen LogP contribution < -0.4 is 5.32 Å². The molecule has 3 nitrogen and oxygen atoms in total. The highest BCUT2D eigenvalue weighted by molar-refractivity contribution is 5.43. The summed E-state index contributed by atoms with van der Waals surface area (Å²) in [4.78, 5) is 0. The number of benzene rings is 1. The van der Waals surface area contributed by atoms with E-state index < -0.39 is 0 Å². The van der Waals surface area contributed by atoms with Gasteiger partial charge in [-0.05, 0) is 31.2 Å². The highest BCUT2D eigenvalue weighted by atomic mass is 16.3. The first-order chi connectivity index (χ1) is 6.31. The molecule has 1 heterocycles. The van der Waals surface area contributed by atoms with Gasteiger partial charge in [-0.3, -0.25) is 0 Å². The molecule has 66 valence electrons. The molecule has 1 aromatic carbocycles. The monoisotopic (exact) mass is 174 g/mol. The van der Waals surface area contributed by atoms with E-state index in [4.69, 9.17) is 5.26 Å². The van der Waals surface area contributed by atoms with Gasteiger partial charge in [-0.1, -0.05) is 0 Å². The molecule has 1 aromatic rings. The van der Waals surface area contributed by atoms with Gasteiger partial charge in [0.1, 0.15) is 5.75 Å². The maximum absolute atomic E-state index is 9.52. The summed E-state index contributed by atoms with van der Waals surface area (Å²) >= 11 is 0. The van der Waals surface area contributed by atoms with Crippen molar-refractivity contribution >= 4 is 0 Å². The molecule has 2 N–H and O–H groups in total. The van der Waals surface area contributed by atoms with Gasteiger partial charge in [-0.15, -0.1) is 0 Å².